The molecule has 32 heavy (non-hydrogen) atoms. The highest BCUT2D eigenvalue weighted by Crippen LogP contribution is 2.33. The maximum Gasteiger partial charge on any atom is 0.182 e. The fourth-order valence-electron chi connectivity index (χ4n) is 4.06. The lowest BCUT2D eigenvalue weighted by Gasteiger charge is -2.14. The monoisotopic (exact) mass is 430 g/mol. The number of hydrogen-bond acceptors (Lipinski definition) is 6. The van der Waals surface area contributed by atoms with Crippen LogP contribution in [0, 0.1) is 5.82 Å². The third-order valence-corrected chi connectivity index (χ3v) is 5.66. The number of fused-ring (bicyclic) bond motifs is 1. The van der Waals surface area contributed by atoms with E-state index in [1.807, 2.05) is 22.9 Å². The molecular formula is C24H23FN6O. The van der Waals surface area contributed by atoms with Gasteiger partial charge in [0.25, 0.3) is 0 Å². The highest BCUT2D eigenvalue weighted by molar-refractivity contribution is 5.66. The molecule has 0 unspecified atom stereocenters. The molecule has 3 heterocycles. The van der Waals surface area contributed by atoms with Crippen LogP contribution in [0.5, 0.6) is 5.75 Å². The minimum absolute atomic E-state index is 0.223. The van der Waals surface area contributed by atoms with Crippen molar-refractivity contribution in [2.75, 3.05) is 12.4 Å². The highest BCUT2D eigenvalue weighted by atomic mass is 19.1. The molecule has 3 aromatic heterocycles. The first-order valence-electron chi connectivity index (χ1n) is 10.6. The Kier molecular flexibility index (Phi) is 5.49. The van der Waals surface area contributed by atoms with Gasteiger partial charge in [0.15, 0.2) is 17.4 Å². The summed E-state index contributed by atoms with van der Waals surface area (Å²) in [5.41, 5.74) is 4.49. The van der Waals surface area contributed by atoms with Gasteiger partial charge in [0.05, 0.1) is 19.9 Å². The average molecular weight is 430 g/mol. The minimum atomic E-state index is -0.223. The number of benzene rings is 1. The van der Waals surface area contributed by atoms with E-state index in [0.29, 0.717) is 29.5 Å². The van der Waals surface area contributed by atoms with Crippen molar-refractivity contribution < 1.29 is 9.13 Å². The maximum absolute atomic E-state index is 14.3. The number of methoxy groups -OCH3 is 1. The molecular weight excluding hydrogens is 407 g/mol. The van der Waals surface area contributed by atoms with E-state index in [1.54, 1.807) is 37.8 Å². The minimum Gasteiger partial charge on any atom is -0.491 e. The molecule has 0 bridgehead atoms. The van der Waals surface area contributed by atoms with Crippen LogP contribution in [0.1, 0.15) is 29.7 Å². The summed E-state index contributed by atoms with van der Waals surface area (Å²) < 4.78 is 21.6. The molecule has 0 aliphatic heterocycles. The Labute approximate surface area is 185 Å². The molecule has 4 aromatic rings. The summed E-state index contributed by atoms with van der Waals surface area (Å²) in [6.45, 7) is 0.382. The first-order chi connectivity index (χ1) is 15.7. The van der Waals surface area contributed by atoms with Gasteiger partial charge in [0, 0.05) is 34.9 Å². The second-order valence-electron chi connectivity index (χ2n) is 7.70. The quantitative estimate of drug-likeness (QED) is 0.483. The molecule has 0 saturated carbocycles. The van der Waals surface area contributed by atoms with Crippen molar-refractivity contribution >= 4 is 11.5 Å². The number of pyridine rings is 1. The lowest BCUT2D eigenvalue weighted by atomic mass is 9.95. The molecule has 1 aliphatic rings. The summed E-state index contributed by atoms with van der Waals surface area (Å²) >= 11 is 0. The average Bonchev–Trinajstić information content (AvgIpc) is 3.20. The highest BCUT2D eigenvalue weighted by Gasteiger charge is 2.24. The van der Waals surface area contributed by atoms with Crippen LogP contribution >= 0.6 is 0 Å². The van der Waals surface area contributed by atoms with Crippen molar-refractivity contribution in [2.45, 2.75) is 32.2 Å². The maximum atomic E-state index is 14.3. The molecule has 1 aliphatic carbocycles. The van der Waals surface area contributed by atoms with Crippen LogP contribution in [0.4, 0.5) is 15.9 Å². The third kappa shape index (κ3) is 3.91. The van der Waals surface area contributed by atoms with E-state index in [2.05, 4.69) is 15.3 Å². The van der Waals surface area contributed by atoms with E-state index in [0.717, 1.165) is 48.3 Å². The molecule has 0 saturated heterocycles. The number of nitrogens with zero attached hydrogens (tertiary/aromatic N) is 5. The molecule has 162 valence electrons. The lowest BCUT2D eigenvalue weighted by molar-refractivity contribution is 0.413. The van der Waals surface area contributed by atoms with E-state index >= 15 is 0 Å². The number of anilines is 2. The van der Waals surface area contributed by atoms with Gasteiger partial charge >= 0.3 is 0 Å². The molecule has 0 amide bonds. The van der Waals surface area contributed by atoms with E-state index in [4.69, 9.17) is 14.8 Å². The predicted octanol–water partition coefficient (Wildman–Crippen LogP) is 4.55. The number of rotatable bonds is 6. The molecule has 0 spiro atoms. The SMILES string of the molecule is COc1cnc(-c2nn(Cc3ccccc3F)c3c2CCCC3)nc1Nc1ccncc1. The van der Waals surface area contributed by atoms with Crippen LogP contribution < -0.4 is 10.1 Å². The van der Waals surface area contributed by atoms with Crippen LogP contribution in [0.3, 0.4) is 0 Å². The van der Waals surface area contributed by atoms with E-state index in [-0.39, 0.29) is 5.82 Å². The molecule has 1 aromatic carbocycles. The molecule has 1 N–H and O–H groups in total. The van der Waals surface area contributed by atoms with Gasteiger partial charge in [0.2, 0.25) is 0 Å². The topological polar surface area (TPSA) is 77.8 Å². The van der Waals surface area contributed by atoms with Crippen LogP contribution in [0.25, 0.3) is 11.5 Å². The van der Waals surface area contributed by atoms with Gasteiger partial charge < -0.3 is 10.1 Å². The first-order valence-corrected chi connectivity index (χ1v) is 10.6. The fourth-order valence-corrected chi connectivity index (χ4v) is 4.06. The van der Waals surface area contributed by atoms with Gasteiger partial charge in [-0.15, -0.1) is 0 Å². The Morgan fingerprint density at radius 3 is 2.72 bits per heavy atom. The molecule has 7 nitrogen and oxygen atoms in total. The Morgan fingerprint density at radius 2 is 1.91 bits per heavy atom. The fraction of sp³-hybridized carbons (Fsp3) is 0.250. The van der Waals surface area contributed by atoms with Crippen molar-refractivity contribution in [1.82, 2.24) is 24.7 Å². The van der Waals surface area contributed by atoms with Crippen LogP contribution in [0.15, 0.2) is 55.0 Å². The van der Waals surface area contributed by atoms with Gasteiger partial charge in [-0.2, -0.15) is 5.10 Å². The largest absolute Gasteiger partial charge is 0.491 e. The molecule has 5 rings (SSSR count). The number of aromatic nitrogens is 5. The molecule has 0 fully saturated rings. The van der Waals surface area contributed by atoms with E-state index in [9.17, 15) is 4.39 Å². The summed E-state index contributed by atoms with van der Waals surface area (Å²) in [6, 6.07) is 10.5. The molecule has 0 atom stereocenters. The summed E-state index contributed by atoms with van der Waals surface area (Å²) in [5.74, 6) is 1.38. The predicted molar refractivity (Wildman–Crippen MR) is 119 cm³/mol. The molecule has 8 heteroatoms. The Balaban J connectivity index is 1.55. The van der Waals surface area contributed by atoms with Crippen molar-refractivity contribution in [3.05, 3.63) is 77.6 Å². The number of hydrogen-bond donors (Lipinski definition) is 1. The van der Waals surface area contributed by atoms with Crippen molar-refractivity contribution in [2.24, 2.45) is 0 Å². The number of ether oxygens (including phenoxy) is 1. The summed E-state index contributed by atoms with van der Waals surface area (Å²) in [6.07, 6.45) is 9.06. The summed E-state index contributed by atoms with van der Waals surface area (Å²) in [4.78, 5) is 13.3. The third-order valence-electron chi connectivity index (χ3n) is 5.66. The Morgan fingerprint density at radius 1 is 1.09 bits per heavy atom. The number of nitrogens with one attached hydrogen (secondary N) is 1. The van der Waals surface area contributed by atoms with E-state index < -0.39 is 0 Å². The molecule has 0 radical (unpaired) electrons. The van der Waals surface area contributed by atoms with Crippen LogP contribution in [0.2, 0.25) is 0 Å². The normalized spacial score (nSPS) is 12.9. The van der Waals surface area contributed by atoms with Gasteiger partial charge in [-0.3, -0.25) is 9.67 Å². The van der Waals surface area contributed by atoms with Gasteiger partial charge in [-0.1, -0.05) is 18.2 Å². The summed E-state index contributed by atoms with van der Waals surface area (Å²) in [5, 5.41) is 8.12. The lowest BCUT2D eigenvalue weighted by Crippen LogP contribution is -2.11. The van der Waals surface area contributed by atoms with E-state index in [1.165, 1.54) is 6.07 Å². The first kappa shape index (κ1) is 20.1. The second-order valence-corrected chi connectivity index (χ2v) is 7.70. The summed E-state index contributed by atoms with van der Waals surface area (Å²) in [7, 11) is 1.58. The van der Waals surface area contributed by atoms with Gasteiger partial charge in [-0.05, 0) is 43.9 Å². The second kappa shape index (κ2) is 8.74. The zero-order valence-electron chi connectivity index (χ0n) is 17.8. The Bertz CT molecular complexity index is 1240. The standard InChI is InChI=1S/C24H23FN6O/c1-32-21-14-27-24(29-23(21)28-17-10-12-26-13-11-17)22-18-7-3-5-9-20(18)31(30-22)15-16-6-2-4-8-19(16)25/h2,4,6,8,10-14H,3,5,7,9,15H2,1H3,(H,26,27,28,29). The van der Waals surface area contributed by atoms with Crippen LogP contribution in [-0.4, -0.2) is 31.8 Å². The van der Waals surface area contributed by atoms with Crippen molar-refractivity contribution in [3.8, 4) is 17.3 Å². The van der Waals surface area contributed by atoms with Crippen molar-refractivity contribution in [3.63, 3.8) is 0 Å². The van der Waals surface area contributed by atoms with Gasteiger partial charge in [0.1, 0.15) is 11.5 Å². The van der Waals surface area contributed by atoms with Gasteiger partial charge in [-0.25, -0.2) is 14.4 Å². The van der Waals surface area contributed by atoms with Crippen LogP contribution in [-0.2, 0) is 19.4 Å². The van der Waals surface area contributed by atoms with Crippen molar-refractivity contribution in [1.29, 1.82) is 0 Å². The smallest absolute Gasteiger partial charge is 0.182 e. The number of halogens is 1. The Hall–Kier alpha value is -3.81. The zero-order chi connectivity index (χ0) is 21.9. The zero-order valence-corrected chi connectivity index (χ0v) is 17.8.